The zero-order valence-corrected chi connectivity index (χ0v) is 14.2. The van der Waals surface area contributed by atoms with Crippen molar-refractivity contribution in [1.82, 2.24) is 10.2 Å². The van der Waals surface area contributed by atoms with Gasteiger partial charge in [0.2, 0.25) is 5.91 Å². The number of nitrogens with zero attached hydrogens (tertiary/aromatic N) is 1. The third-order valence-corrected chi connectivity index (χ3v) is 4.28. The highest BCUT2D eigenvalue weighted by Gasteiger charge is 2.25. The summed E-state index contributed by atoms with van der Waals surface area (Å²) in [6.07, 6.45) is 2.79. The van der Waals surface area contributed by atoms with E-state index in [0.29, 0.717) is 37.3 Å². The summed E-state index contributed by atoms with van der Waals surface area (Å²) in [6, 6.07) is 1.92. The fraction of sp³-hybridized carbons (Fsp3) is 0.647. The van der Waals surface area contributed by atoms with Gasteiger partial charge in [-0.25, -0.2) is 0 Å². The predicted octanol–water partition coefficient (Wildman–Crippen LogP) is 1.74. The molecule has 1 atom stereocenters. The molecule has 0 aromatic carbocycles. The van der Waals surface area contributed by atoms with Gasteiger partial charge in [-0.2, -0.15) is 0 Å². The number of likely N-dealkylation sites (tertiary alicyclic amines) is 1. The fourth-order valence-corrected chi connectivity index (χ4v) is 2.90. The number of nitrogens with one attached hydrogen (secondary N) is 1. The molecular formula is C17H27N3O3. The molecule has 0 spiro atoms. The van der Waals surface area contributed by atoms with Crippen molar-refractivity contribution in [3.05, 3.63) is 23.2 Å². The lowest BCUT2D eigenvalue weighted by atomic mass is 10.0. The smallest absolute Gasteiger partial charge is 0.255 e. The SMILES string of the molecule is Cc1cc(C(=O)NC2CCN(C(=O)CCC(C)N)CC2)c(C)o1. The second kappa shape index (κ2) is 7.64. The number of furan rings is 1. The molecule has 6 heteroatoms. The molecule has 1 fully saturated rings. The van der Waals surface area contributed by atoms with Gasteiger partial charge < -0.3 is 20.4 Å². The van der Waals surface area contributed by atoms with Crippen LogP contribution in [0.2, 0.25) is 0 Å². The van der Waals surface area contributed by atoms with Crippen LogP contribution >= 0.6 is 0 Å². The van der Waals surface area contributed by atoms with Gasteiger partial charge in [-0.3, -0.25) is 9.59 Å². The Kier molecular flexibility index (Phi) is 5.82. The molecular weight excluding hydrogens is 294 g/mol. The van der Waals surface area contributed by atoms with E-state index in [1.807, 2.05) is 18.7 Å². The molecule has 1 aromatic rings. The lowest BCUT2D eigenvalue weighted by molar-refractivity contribution is -0.132. The number of amides is 2. The summed E-state index contributed by atoms with van der Waals surface area (Å²) in [5.41, 5.74) is 6.29. The van der Waals surface area contributed by atoms with Crippen LogP contribution in [-0.4, -0.2) is 41.9 Å². The first-order chi connectivity index (χ1) is 10.9. The third kappa shape index (κ3) is 4.82. The standard InChI is InChI=1S/C17H27N3O3/c1-11(18)4-5-16(21)20-8-6-14(7-9-20)19-17(22)15-10-12(2)23-13(15)3/h10-11,14H,4-9,18H2,1-3H3,(H,19,22). The highest BCUT2D eigenvalue weighted by atomic mass is 16.3. The summed E-state index contributed by atoms with van der Waals surface area (Å²) in [6.45, 7) is 6.91. The molecule has 3 N–H and O–H groups in total. The van der Waals surface area contributed by atoms with Gasteiger partial charge >= 0.3 is 0 Å². The number of rotatable bonds is 5. The average Bonchev–Trinajstić information content (AvgIpc) is 2.84. The van der Waals surface area contributed by atoms with Gasteiger partial charge in [-0.05, 0) is 46.1 Å². The molecule has 1 aliphatic rings. The van der Waals surface area contributed by atoms with Crippen molar-refractivity contribution >= 4 is 11.8 Å². The van der Waals surface area contributed by atoms with Crippen molar-refractivity contribution < 1.29 is 14.0 Å². The summed E-state index contributed by atoms with van der Waals surface area (Å²) < 4.78 is 5.40. The van der Waals surface area contributed by atoms with Gasteiger partial charge in [-0.15, -0.1) is 0 Å². The lowest BCUT2D eigenvalue weighted by Crippen LogP contribution is -2.46. The van der Waals surface area contributed by atoms with Crippen molar-refractivity contribution in [3.63, 3.8) is 0 Å². The van der Waals surface area contributed by atoms with Crippen LogP contribution in [0.15, 0.2) is 10.5 Å². The Morgan fingerprint density at radius 1 is 1.39 bits per heavy atom. The van der Waals surface area contributed by atoms with Crippen LogP contribution in [0.5, 0.6) is 0 Å². The van der Waals surface area contributed by atoms with Crippen molar-refractivity contribution in [3.8, 4) is 0 Å². The number of aryl methyl sites for hydroxylation is 2. The van der Waals surface area contributed by atoms with Crippen molar-refractivity contribution in [2.45, 2.75) is 58.5 Å². The van der Waals surface area contributed by atoms with Gasteiger partial charge in [0.15, 0.2) is 0 Å². The summed E-state index contributed by atoms with van der Waals surface area (Å²) in [5, 5.41) is 3.04. The Balaban J connectivity index is 1.79. The molecule has 1 aliphatic heterocycles. The molecule has 0 saturated carbocycles. The van der Waals surface area contributed by atoms with Crippen molar-refractivity contribution in [2.75, 3.05) is 13.1 Å². The molecule has 2 amide bonds. The van der Waals surface area contributed by atoms with Crippen LogP contribution in [0, 0.1) is 13.8 Å². The zero-order chi connectivity index (χ0) is 17.0. The molecule has 1 aromatic heterocycles. The van der Waals surface area contributed by atoms with Crippen LogP contribution in [0.4, 0.5) is 0 Å². The molecule has 1 saturated heterocycles. The highest BCUT2D eigenvalue weighted by Crippen LogP contribution is 2.16. The quantitative estimate of drug-likeness (QED) is 0.864. The van der Waals surface area contributed by atoms with Gasteiger partial charge in [-0.1, -0.05) is 0 Å². The van der Waals surface area contributed by atoms with Crippen LogP contribution in [-0.2, 0) is 4.79 Å². The number of nitrogens with two attached hydrogens (primary N) is 1. The van der Waals surface area contributed by atoms with E-state index in [2.05, 4.69) is 5.32 Å². The topological polar surface area (TPSA) is 88.6 Å². The number of hydrogen-bond acceptors (Lipinski definition) is 4. The fourth-order valence-electron chi connectivity index (χ4n) is 2.90. The van der Waals surface area contributed by atoms with Gasteiger partial charge in [0.05, 0.1) is 5.56 Å². The second-order valence-electron chi connectivity index (χ2n) is 6.47. The Labute approximate surface area is 137 Å². The number of carbonyl (C=O) groups is 2. The Hall–Kier alpha value is -1.82. The molecule has 2 heterocycles. The minimum absolute atomic E-state index is 0.0532. The maximum atomic E-state index is 12.3. The van der Waals surface area contributed by atoms with E-state index >= 15 is 0 Å². The maximum Gasteiger partial charge on any atom is 0.255 e. The van der Waals surface area contributed by atoms with Gasteiger partial charge in [0, 0.05) is 31.6 Å². The van der Waals surface area contributed by atoms with Crippen LogP contribution in [0.1, 0.15) is 54.5 Å². The number of carbonyl (C=O) groups excluding carboxylic acids is 2. The van der Waals surface area contributed by atoms with E-state index < -0.39 is 0 Å². The monoisotopic (exact) mass is 321 g/mol. The summed E-state index contributed by atoms with van der Waals surface area (Å²) in [4.78, 5) is 26.2. The summed E-state index contributed by atoms with van der Waals surface area (Å²) in [5.74, 6) is 1.44. The van der Waals surface area contributed by atoms with Crippen LogP contribution in [0.25, 0.3) is 0 Å². The molecule has 6 nitrogen and oxygen atoms in total. The largest absolute Gasteiger partial charge is 0.466 e. The normalized spacial score (nSPS) is 17.1. The molecule has 128 valence electrons. The lowest BCUT2D eigenvalue weighted by Gasteiger charge is -2.32. The van der Waals surface area contributed by atoms with E-state index in [-0.39, 0.29) is 23.9 Å². The third-order valence-electron chi connectivity index (χ3n) is 4.28. The van der Waals surface area contributed by atoms with E-state index in [1.54, 1.807) is 13.0 Å². The number of hydrogen-bond donors (Lipinski definition) is 2. The first-order valence-corrected chi connectivity index (χ1v) is 8.28. The van der Waals surface area contributed by atoms with E-state index in [4.69, 9.17) is 10.2 Å². The van der Waals surface area contributed by atoms with Crippen LogP contribution < -0.4 is 11.1 Å². The summed E-state index contributed by atoms with van der Waals surface area (Å²) >= 11 is 0. The number of piperidine rings is 1. The minimum atomic E-state index is -0.0962. The first-order valence-electron chi connectivity index (χ1n) is 8.28. The molecule has 0 aliphatic carbocycles. The first kappa shape index (κ1) is 17.5. The minimum Gasteiger partial charge on any atom is -0.466 e. The average molecular weight is 321 g/mol. The molecule has 0 bridgehead atoms. The van der Waals surface area contributed by atoms with E-state index in [9.17, 15) is 9.59 Å². The van der Waals surface area contributed by atoms with Crippen molar-refractivity contribution in [2.24, 2.45) is 5.73 Å². The molecule has 23 heavy (non-hydrogen) atoms. The van der Waals surface area contributed by atoms with E-state index in [0.717, 1.165) is 18.6 Å². The Morgan fingerprint density at radius 3 is 2.57 bits per heavy atom. The van der Waals surface area contributed by atoms with Crippen LogP contribution in [0.3, 0.4) is 0 Å². The predicted molar refractivity (Wildman–Crippen MR) is 88.1 cm³/mol. The van der Waals surface area contributed by atoms with Gasteiger partial charge in [0.1, 0.15) is 11.5 Å². The highest BCUT2D eigenvalue weighted by molar-refractivity contribution is 5.95. The molecule has 1 unspecified atom stereocenters. The van der Waals surface area contributed by atoms with Gasteiger partial charge in [0.25, 0.3) is 5.91 Å². The van der Waals surface area contributed by atoms with E-state index in [1.165, 1.54) is 0 Å². The zero-order valence-electron chi connectivity index (χ0n) is 14.2. The second-order valence-corrected chi connectivity index (χ2v) is 6.47. The summed E-state index contributed by atoms with van der Waals surface area (Å²) in [7, 11) is 0. The Morgan fingerprint density at radius 2 is 2.04 bits per heavy atom. The molecule has 2 rings (SSSR count). The van der Waals surface area contributed by atoms with Crippen molar-refractivity contribution in [1.29, 1.82) is 0 Å². The maximum absolute atomic E-state index is 12.3. The Bertz CT molecular complexity index is 557. The molecule has 0 radical (unpaired) electrons.